The van der Waals surface area contributed by atoms with E-state index in [1.54, 1.807) is 11.8 Å². The van der Waals surface area contributed by atoms with E-state index in [9.17, 15) is 0 Å². The summed E-state index contributed by atoms with van der Waals surface area (Å²) in [4.78, 5) is 0. The fourth-order valence-corrected chi connectivity index (χ4v) is 2.60. The molecule has 116 valence electrons. The molecule has 0 bridgehead atoms. The maximum Gasteiger partial charge on any atom is 0.216 e. The molecular formula is C15H25N5O. The standard InChI is InChI=1S/C15H25N5O/c1-10-7-12(3)20(17-10)9-11(2)16-8-14-13(4)18-19(5)15(14)21-6/h7,11,16H,8-9H2,1-6H3. The third-order valence-electron chi connectivity index (χ3n) is 3.66. The highest BCUT2D eigenvalue weighted by Crippen LogP contribution is 2.20. The zero-order chi connectivity index (χ0) is 15.6. The second-order valence-electron chi connectivity index (χ2n) is 5.59. The fraction of sp³-hybridized carbons (Fsp3) is 0.600. The van der Waals surface area contributed by atoms with Gasteiger partial charge in [-0.1, -0.05) is 0 Å². The van der Waals surface area contributed by atoms with Crippen LogP contribution in [-0.2, 0) is 20.1 Å². The van der Waals surface area contributed by atoms with Crippen LogP contribution < -0.4 is 10.1 Å². The first-order valence-corrected chi connectivity index (χ1v) is 7.23. The molecule has 0 spiro atoms. The van der Waals surface area contributed by atoms with Gasteiger partial charge in [-0.05, 0) is 33.8 Å². The van der Waals surface area contributed by atoms with Crippen LogP contribution >= 0.6 is 0 Å². The predicted octanol–water partition coefficient (Wildman–Crippen LogP) is 1.73. The molecule has 6 nitrogen and oxygen atoms in total. The number of methoxy groups -OCH3 is 1. The Bertz CT molecular complexity index is 614. The summed E-state index contributed by atoms with van der Waals surface area (Å²) in [6.45, 7) is 9.86. The molecule has 0 saturated carbocycles. The summed E-state index contributed by atoms with van der Waals surface area (Å²) in [5.74, 6) is 0.818. The largest absolute Gasteiger partial charge is 0.481 e. The lowest BCUT2D eigenvalue weighted by Gasteiger charge is -2.15. The molecule has 2 heterocycles. The van der Waals surface area contributed by atoms with E-state index in [0.29, 0.717) is 6.04 Å². The van der Waals surface area contributed by atoms with Crippen LogP contribution in [-0.4, -0.2) is 32.7 Å². The van der Waals surface area contributed by atoms with Gasteiger partial charge >= 0.3 is 0 Å². The number of hydrogen-bond acceptors (Lipinski definition) is 4. The Morgan fingerprint density at radius 1 is 1.29 bits per heavy atom. The summed E-state index contributed by atoms with van der Waals surface area (Å²) in [6, 6.07) is 2.41. The Balaban J connectivity index is 1.98. The molecule has 1 atom stereocenters. The average molecular weight is 291 g/mol. The van der Waals surface area contributed by atoms with Gasteiger partial charge in [0.15, 0.2) is 0 Å². The third-order valence-corrected chi connectivity index (χ3v) is 3.66. The topological polar surface area (TPSA) is 56.9 Å². The van der Waals surface area contributed by atoms with E-state index in [0.717, 1.165) is 35.9 Å². The highest BCUT2D eigenvalue weighted by atomic mass is 16.5. The monoisotopic (exact) mass is 291 g/mol. The van der Waals surface area contributed by atoms with Gasteiger partial charge in [0.2, 0.25) is 5.88 Å². The fourth-order valence-electron chi connectivity index (χ4n) is 2.60. The van der Waals surface area contributed by atoms with Crippen LogP contribution in [0.3, 0.4) is 0 Å². The quantitative estimate of drug-likeness (QED) is 0.880. The second kappa shape index (κ2) is 6.30. The number of ether oxygens (including phenoxy) is 1. The number of nitrogens with zero attached hydrogens (tertiary/aromatic N) is 4. The lowest BCUT2D eigenvalue weighted by atomic mass is 10.2. The van der Waals surface area contributed by atoms with E-state index < -0.39 is 0 Å². The van der Waals surface area contributed by atoms with Gasteiger partial charge in [-0.25, -0.2) is 4.68 Å². The molecule has 2 aromatic heterocycles. The van der Waals surface area contributed by atoms with E-state index in [1.807, 2.05) is 25.6 Å². The highest BCUT2D eigenvalue weighted by molar-refractivity contribution is 5.30. The van der Waals surface area contributed by atoms with Crippen molar-refractivity contribution in [3.05, 3.63) is 28.7 Å². The highest BCUT2D eigenvalue weighted by Gasteiger charge is 2.15. The zero-order valence-corrected chi connectivity index (χ0v) is 13.8. The van der Waals surface area contributed by atoms with Crippen molar-refractivity contribution in [2.45, 2.75) is 46.8 Å². The third kappa shape index (κ3) is 3.44. The Morgan fingerprint density at radius 2 is 2.00 bits per heavy atom. The van der Waals surface area contributed by atoms with Crippen LogP contribution in [0.4, 0.5) is 0 Å². The first-order valence-electron chi connectivity index (χ1n) is 7.23. The van der Waals surface area contributed by atoms with Gasteiger partial charge in [-0.15, -0.1) is 0 Å². The summed E-state index contributed by atoms with van der Waals surface area (Å²) in [7, 11) is 3.58. The Morgan fingerprint density at radius 3 is 2.57 bits per heavy atom. The van der Waals surface area contributed by atoms with Gasteiger partial charge in [0.05, 0.1) is 30.6 Å². The molecule has 0 fully saturated rings. The smallest absolute Gasteiger partial charge is 0.216 e. The summed E-state index contributed by atoms with van der Waals surface area (Å²) in [5, 5.41) is 12.4. The molecule has 2 rings (SSSR count). The molecule has 0 amide bonds. The minimum Gasteiger partial charge on any atom is -0.481 e. The van der Waals surface area contributed by atoms with E-state index in [4.69, 9.17) is 4.74 Å². The molecule has 1 N–H and O–H groups in total. The molecule has 0 aromatic carbocycles. The van der Waals surface area contributed by atoms with E-state index in [2.05, 4.69) is 35.4 Å². The van der Waals surface area contributed by atoms with E-state index in [1.165, 1.54) is 5.69 Å². The number of nitrogens with one attached hydrogen (secondary N) is 1. The first kappa shape index (κ1) is 15.6. The molecule has 6 heteroatoms. The van der Waals surface area contributed by atoms with E-state index in [-0.39, 0.29) is 0 Å². The van der Waals surface area contributed by atoms with Gasteiger partial charge < -0.3 is 10.1 Å². The maximum absolute atomic E-state index is 5.41. The number of aryl methyl sites for hydroxylation is 4. The molecule has 0 radical (unpaired) electrons. The second-order valence-corrected chi connectivity index (χ2v) is 5.59. The Kier molecular flexibility index (Phi) is 4.67. The van der Waals surface area contributed by atoms with Crippen molar-refractivity contribution in [2.24, 2.45) is 7.05 Å². The van der Waals surface area contributed by atoms with Crippen molar-refractivity contribution < 1.29 is 4.74 Å². The normalized spacial score (nSPS) is 12.7. The van der Waals surface area contributed by atoms with Crippen LogP contribution in [0.5, 0.6) is 5.88 Å². The number of rotatable bonds is 6. The molecule has 21 heavy (non-hydrogen) atoms. The molecule has 2 aromatic rings. The van der Waals surface area contributed by atoms with Crippen LogP contribution in [0.1, 0.15) is 29.6 Å². The zero-order valence-electron chi connectivity index (χ0n) is 13.8. The molecular weight excluding hydrogens is 266 g/mol. The molecule has 0 aliphatic rings. The molecule has 1 unspecified atom stereocenters. The van der Waals surface area contributed by atoms with Crippen molar-refractivity contribution in [3.8, 4) is 5.88 Å². The summed E-state index contributed by atoms with van der Waals surface area (Å²) in [5.41, 5.74) is 4.36. The van der Waals surface area contributed by atoms with Crippen LogP contribution in [0.15, 0.2) is 6.07 Å². The minimum absolute atomic E-state index is 0.312. The van der Waals surface area contributed by atoms with Gasteiger partial charge in [-0.3, -0.25) is 4.68 Å². The Hall–Kier alpha value is -1.82. The number of aromatic nitrogens is 4. The van der Waals surface area contributed by atoms with Gasteiger partial charge in [0, 0.05) is 25.3 Å². The van der Waals surface area contributed by atoms with Gasteiger partial charge in [-0.2, -0.15) is 10.2 Å². The van der Waals surface area contributed by atoms with Gasteiger partial charge in [0.25, 0.3) is 0 Å². The van der Waals surface area contributed by atoms with Crippen molar-refractivity contribution in [1.82, 2.24) is 24.9 Å². The number of hydrogen-bond donors (Lipinski definition) is 1. The molecule has 0 saturated heterocycles. The molecule has 0 aliphatic heterocycles. The van der Waals surface area contributed by atoms with E-state index >= 15 is 0 Å². The average Bonchev–Trinajstić information content (AvgIpc) is 2.86. The molecule has 0 aliphatic carbocycles. The lowest BCUT2D eigenvalue weighted by molar-refractivity contribution is 0.365. The first-order chi connectivity index (χ1) is 9.92. The summed E-state index contributed by atoms with van der Waals surface area (Å²) >= 11 is 0. The van der Waals surface area contributed by atoms with Crippen molar-refractivity contribution in [3.63, 3.8) is 0 Å². The predicted molar refractivity (Wildman–Crippen MR) is 82.5 cm³/mol. The maximum atomic E-state index is 5.41. The SMILES string of the molecule is COc1c(CNC(C)Cn2nc(C)cc2C)c(C)nn1C. The Labute approximate surface area is 126 Å². The van der Waals surface area contributed by atoms with Crippen LogP contribution in [0.25, 0.3) is 0 Å². The van der Waals surface area contributed by atoms with Crippen LogP contribution in [0.2, 0.25) is 0 Å². The van der Waals surface area contributed by atoms with Crippen molar-refractivity contribution >= 4 is 0 Å². The lowest BCUT2D eigenvalue weighted by Crippen LogP contribution is -2.31. The van der Waals surface area contributed by atoms with Gasteiger partial charge in [0.1, 0.15) is 0 Å². The van der Waals surface area contributed by atoms with Crippen molar-refractivity contribution in [2.75, 3.05) is 7.11 Å². The summed E-state index contributed by atoms with van der Waals surface area (Å²) < 4.78 is 9.23. The van der Waals surface area contributed by atoms with Crippen LogP contribution in [0, 0.1) is 20.8 Å². The van der Waals surface area contributed by atoms with Crippen molar-refractivity contribution in [1.29, 1.82) is 0 Å². The summed E-state index contributed by atoms with van der Waals surface area (Å²) in [6.07, 6.45) is 0. The minimum atomic E-state index is 0.312.